The van der Waals surface area contributed by atoms with Crippen molar-refractivity contribution in [3.63, 3.8) is 0 Å². The number of carbonyl (C=O) groups excluding carboxylic acids is 1. The Morgan fingerprint density at radius 3 is 2.36 bits per heavy atom. The number of thiophene rings is 1. The van der Waals surface area contributed by atoms with E-state index in [1.807, 2.05) is 53.9 Å². The number of hydrogen-bond donors (Lipinski definition) is 1. The summed E-state index contributed by atoms with van der Waals surface area (Å²) in [7, 11) is 0. The first-order valence-corrected chi connectivity index (χ1v) is 8.42. The minimum absolute atomic E-state index is 0.0621. The molecule has 2 aromatic carbocycles. The standard InChI is InChI=1S/C20H14N2O2S/c21-14-15(13-19-7-4-12-25-19)20(23)22-16-8-10-18(11-9-16)24-17-5-2-1-3-6-17/h1-13H,(H,22,23)/b15-13+. The number of rotatable bonds is 5. The van der Waals surface area contributed by atoms with E-state index in [4.69, 9.17) is 4.74 Å². The molecule has 1 N–H and O–H groups in total. The van der Waals surface area contributed by atoms with Crippen molar-refractivity contribution in [1.82, 2.24) is 0 Å². The maximum atomic E-state index is 12.2. The number of amides is 1. The van der Waals surface area contributed by atoms with Crippen molar-refractivity contribution in [2.75, 3.05) is 5.32 Å². The van der Waals surface area contributed by atoms with Crippen molar-refractivity contribution in [3.8, 4) is 17.6 Å². The molecule has 1 amide bonds. The quantitative estimate of drug-likeness (QED) is 0.517. The molecule has 0 aliphatic heterocycles. The molecule has 4 nitrogen and oxygen atoms in total. The van der Waals surface area contributed by atoms with Crippen LogP contribution in [0.4, 0.5) is 5.69 Å². The topological polar surface area (TPSA) is 62.1 Å². The van der Waals surface area contributed by atoms with Gasteiger partial charge in [-0.3, -0.25) is 4.79 Å². The van der Waals surface area contributed by atoms with E-state index in [9.17, 15) is 10.1 Å². The van der Waals surface area contributed by atoms with Crippen LogP contribution >= 0.6 is 11.3 Å². The van der Waals surface area contributed by atoms with Gasteiger partial charge in [0.1, 0.15) is 23.1 Å². The van der Waals surface area contributed by atoms with Gasteiger partial charge in [0.2, 0.25) is 0 Å². The number of anilines is 1. The zero-order valence-electron chi connectivity index (χ0n) is 13.2. The van der Waals surface area contributed by atoms with Gasteiger partial charge in [0.05, 0.1) is 0 Å². The average molecular weight is 346 g/mol. The Labute approximate surface area is 149 Å². The molecule has 5 heteroatoms. The molecule has 1 heterocycles. The summed E-state index contributed by atoms with van der Waals surface area (Å²) in [5.41, 5.74) is 0.657. The highest BCUT2D eigenvalue weighted by Crippen LogP contribution is 2.23. The molecule has 1 aromatic heterocycles. The third kappa shape index (κ3) is 4.56. The van der Waals surface area contributed by atoms with E-state index < -0.39 is 5.91 Å². The molecule has 25 heavy (non-hydrogen) atoms. The summed E-state index contributed by atoms with van der Waals surface area (Å²) in [5, 5.41) is 13.8. The predicted octanol–water partition coefficient (Wildman–Crippen LogP) is 5.09. The van der Waals surface area contributed by atoms with Crippen molar-refractivity contribution in [2.45, 2.75) is 0 Å². The normalized spacial score (nSPS) is 10.8. The summed E-state index contributed by atoms with van der Waals surface area (Å²) >= 11 is 1.47. The number of benzene rings is 2. The van der Waals surface area contributed by atoms with Crippen molar-refractivity contribution in [1.29, 1.82) is 5.26 Å². The van der Waals surface area contributed by atoms with Gasteiger partial charge >= 0.3 is 0 Å². The summed E-state index contributed by atoms with van der Waals surface area (Å²) in [5.74, 6) is 0.969. The zero-order chi connectivity index (χ0) is 17.5. The minimum atomic E-state index is -0.437. The molecule has 122 valence electrons. The van der Waals surface area contributed by atoms with Crippen LogP contribution in [0.2, 0.25) is 0 Å². The highest BCUT2D eigenvalue weighted by atomic mass is 32.1. The first-order chi connectivity index (χ1) is 12.2. The van der Waals surface area contributed by atoms with Crippen molar-refractivity contribution in [3.05, 3.63) is 82.6 Å². The lowest BCUT2D eigenvalue weighted by molar-refractivity contribution is -0.112. The fourth-order valence-electron chi connectivity index (χ4n) is 2.09. The van der Waals surface area contributed by atoms with Crippen molar-refractivity contribution < 1.29 is 9.53 Å². The smallest absolute Gasteiger partial charge is 0.266 e. The molecule has 0 atom stereocenters. The van der Waals surface area contributed by atoms with Gasteiger partial charge in [-0.2, -0.15) is 5.26 Å². The fraction of sp³-hybridized carbons (Fsp3) is 0. The molecule has 0 saturated carbocycles. The Balaban J connectivity index is 1.66. The van der Waals surface area contributed by atoms with E-state index in [0.29, 0.717) is 11.4 Å². The van der Waals surface area contributed by atoms with Crippen LogP contribution < -0.4 is 10.1 Å². The summed E-state index contributed by atoms with van der Waals surface area (Å²) in [4.78, 5) is 13.1. The predicted molar refractivity (Wildman–Crippen MR) is 99.5 cm³/mol. The van der Waals surface area contributed by atoms with Crippen molar-refractivity contribution >= 4 is 29.0 Å². The van der Waals surface area contributed by atoms with Crippen LogP contribution in [0.15, 0.2) is 77.7 Å². The van der Waals surface area contributed by atoms with Gasteiger partial charge in [0, 0.05) is 10.6 Å². The van der Waals surface area contributed by atoms with E-state index in [-0.39, 0.29) is 5.57 Å². The SMILES string of the molecule is N#C/C(=C\c1cccs1)C(=O)Nc1ccc(Oc2ccccc2)cc1. The van der Waals surface area contributed by atoms with E-state index >= 15 is 0 Å². The maximum absolute atomic E-state index is 12.2. The molecule has 0 radical (unpaired) electrons. The van der Waals surface area contributed by atoms with Gasteiger partial charge in [0.25, 0.3) is 5.91 Å². The Kier molecular flexibility index (Phi) is 5.25. The van der Waals surface area contributed by atoms with E-state index in [0.717, 1.165) is 10.6 Å². The molecule has 0 bridgehead atoms. The first kappa shape index (κ1) is 16.5. The number of para-hydroxylation sites is 1. The Hall–Kier alpha value is -3.36. The second kappa shape index (κ2) is 7.95. The number of carbonyl (C=O) groups is 1. The third-order valence-corrected chi connectivity index (χ3v) is 4.11. The summed E-state index contributed by atoms with van der Waals surface area (Å²) < 4.78 is 5.70. The molecule has 3 rings (SSSR count). The van der Waals surface area contributed by atoms with Gasteiger partial charge < -0.3 is 10.1 Å². The summed E-state index contributed by atoms with van der Waals surface area (Å²) in [6, 6.07) is 22.1. The highest BCUT2D eigenvalue weighted by molar-refractivity contribution is 7.10. The van der Waals surface area contributed by atoms with Crippen LogP contribution in [0.1, 0.15) is 4.88 Å². The molecule has 0 aliphatic carbocycles. The largest absolute Gasteiger partial charge is 0.457 e. The van der Waals surface area contributed by atoms with Gasteiger partial charge in [-0.1, -0.05) is 24.3 Å². The number of ether oxygens (including phenoxy) is 1. The van der Waals surface area contributed by atoms with Gasteiger partial charge in [-0.15, -0.1) is 11.3 Å². The van der Waals surface area contributed by atoms with E-state index in [2.05, 4.69) is 5.32 Å². The van der Waals surface area contributed by atoms with Gasteiger partial charge in [-0.05, 0) is 53.9 Å². The molecule has 0 fully saturated rings. The second-order valence-corrected chi connectivity index (χ2v) is 6.06. The monoisotopic (exact) mass is 346 g/mol. The lowest BCUT2D eigenvalue weighted by Gasteiger charge is -2.07. The van der Waals surface area contributed by atoms with E-state index in [1.165, 1.54) is 11.3 Å². The molecule has 0 unspecified atom stereocenters. The summed E-state index contributed by atoms with van der Waals surface area (Å²) in [6.45, 7) is 0. The van der Waals surface area contributed by atoms with E-state index in [1.54, 1.807) is 30.3 Å². The van der Waals surface area contributed by atoms with Crippen LogP contribution in [-0.4, -0.2) is 5.91 Å². The number of nitrogens with one attached hydrogen (secondary N) is 1. The lowest BCUT2D eigenvalue weighted by atomic mass is 10.2. The number of nitriles is 1. The zero-order valence-corrected chi connectivity index (χ0v) is 14.0. The Bertz CT molecular complexity index is 909. The van der Waals surface area contributed by atoms with Crippen LogP contribution in [0.5, 0.6) is 11.5 Å². The third-order valence-electron chi connectivity index (χ3n) is 3.29. The molecule has 0 saturated heterocycles. The number of hydrogen-bond acceptors (Lipinski definition) is 4. The average Bonchev–Trinajstić information content (AvgIpc) is 3.15. The second-order valence-electron chi connectivity index (χ2n) is 5.08. The highest BCUT2D eigenvalue weighted by Gasteiger charge is 2.10. The molecule has 0 aliphatic rings. The summed E-state index contributed by atoms with van der Waals surface area (Å²) in [6.07, 6.45) is 1.58. The van der Waals surface area contributed by atoms with Crippen molar-refractivity contribution in [2.24, 2.45) is 0 Å². The molecule has 3 aromatic rings. The van der Waals surface area contributed by atoms with Crippen LogP contribution in [-0.2, 0) is 4.79 Å². The van der Waals surface area contributed by atoms with Crippen LogP contribution in [0, 0.1) is 11.3 Å². The van der Waals surface area contributed by atoms with Crippen LogP contribution in [0.25, 0.3) is 6.08 Å². The molecular weight excluding hydrogens is 332 g/mol. The Morgan fingerprint density at radius 1 is 1.00 bits per heavy atom. The van der Waals surface area contributed by atoms with Gasteiger partial charge in [0.15, 0.2) is 0 Å². The minimum Gasteiger partial charge on any atom is -0.457 e. The van der Waals surface area contributed by atoms with Crippen LogP contribution in [0.3, 0.4) is 0 Å². The lowest BCUT2D eigenvalue weighted by Crippen LogP contribution is -2.13. The van der Waals surface area contributed by atoms with Gasteiger partial charge in [-0.25, -0.2) is 0 Å². The number of nitrogens with zero attached hydrogens (tertiary/aromatic N) is 1. The molecule has 0 spiro atoms. The Morgan fingerprint density at radius 2 is 1.72 bits per heavy atom. The maximum Gasteiger partial charge on any atom is 0.266 e. The fourth-order valence-corrected chi connectivity index (χ4v) is 2.75. The first-order valence-electron chi connectivity index (χ1n) is 7.54. The molecular formula is C20H14N2O2S.